The lowest BCUT2D eigenvalue weighted by Gasteiger charge is -2.19. The molecule has 0 spiro atoms. The molecule has 6 nitrogen and oxygen atoms in total. The second kappa shape index (κ2) is 10.1. The number of hydrogen-bond acceptors (Lipinski definition) is 5. The Kier molecular flexibility index (Phi) is 7.30. The fraction of sp³-hybridized carbons (Fsp3) is 0.318. The predicted octanol–water partition coefficient (Wildman–Crippen LogP) is 4.16. The fourth-order valence-electron chi connectivity index (χ4n) is 2.91. The van der Waals surface area contributed by atoms with Crippen molar-refractivity contribution in [3.8, 4) is 0 Å². The lowest BCUT2D eigenvalue weighted by atomic mass is 10.0. The standard InChI is InChI=1S/C22H25N3O3S/c1-3-4-13-23-21(27)20(16-10-6-5-9-15(16)2)28-19(26)14-29-22-24-17-11-7-8-12-18(17)25-22/h5-12,20H,3-4,13-14H2,1-2H3,(H,23,27)(H,24,25). The number of thioether (sulfide) groups is 1. The van der Waals surface area contributed by atoms with E-state index in [2.05, 4.69) is 22.2 Å². The van der Waals surface area contributed by atoms with Crippen LogP contribution >= 0.6 is 11.8 Å². The smallest absolute Gasteiger partial charge is 0.317 e. The molecule has 0 radical (unpaired) electrons. The van der Waals surface area contributed by atoms with Crippen molar-refractivity contribution < 1.29 is 14.3 Å². The van der Waals surface area contributed by atoms with E-state index in [0.29, 0.717) is 17.3 Å². The largest absolute Gasteiger partial charge is 0.447 e. The highest BCUT2D eigenvalue weighted by Gasteiger charge is 2.26. The summed E-state index contributed by atoms with van der Waals surface area (Å²) in [6, 6.07) is 15.1. The number of para-hydroxylation sites is 2. The summed E-state index contributed by atoms with van der Waals surface area (Å²) in [6.07, 6.45) is 0.891. The van der Waals surface area contributed by atoms with Gasteiger partial charge in [-0.05, 0) is 31.0 Å². The lowest BCUT2D eigenvalue weighted by Crippen LogP contribution is -2.33. The minimum Gasteiger partial charge on any atom is -0.447 e. The molecular formula is C22H25N3O3S. The first kappa shape index (κ1) is 20.9. The predicted molar refractivity (Wildman–Crippen MR) is 115 cm³/mol. The van der Waals surface area contributed by atoms with Crippen molar-refractivity contribution in [2.75, 3.05) is 12.3 Å². The van der Waals surface area contributed by atoms with E-state index in [1.54, 1.807) is 0 Å². The number of H-pyrrole nitrogens is 1. The summed E-state index contributed by atoms with van der Waals surface area (Å²) < 4.78 is 5.59. The highest BCUT2D eigenvalue weighted by molar-refractivity contribution is 7.99. The molecule has 2 N–H and O–H groups in total. The first-order chi connectivity index (χ1) is 14.1. The average Bonchev–Trinajstić information content (AvgIpc) is 3.14. The molecule has 152 valence electrons. The monoisotopic (exact) mass is 411 g/mol. The van der Waals surface area contributed by atoms with Crippen molar-refractivity contribution in [1.82, 2.24) is 15.3 Å². The highest BCUT2D eigenvalue weighted by Crippen LogP contribution is 2.24. The van der Waals surface area contributed by atoms with Crippen LogP contribution in [0, 0.1) is 6.92 Å². The van der Waals surface area contributed by atoms with Crippen LogP contribution in [0.4, 0.5) is 0 Å². The van der Waals surface area contributed by atoms with Gasteiger partial charge in [-0.2, -0.15) is 0 Å². The number of rotatable bonds is 9. The molecule has 7 heteroatoms. The Morgan fingerprint density at radius 3 is 2.69 bits per heavy atom. The zero-order valence-corrected chi connectivity index (χ0v) is 17.4. The van der Waals surface area contributed by atoms with E-state index in [1.807, 2.05) is 55.5 Å². The van der Waals surface area contributed by atoms with Crippen LogP contribution in [0.2, 0.25) is 0 Å². The van der Waals surface area contributed by atoms with Gasteiger partial charge in [-0.25, -0.2) is 4.98 Å². The third-order valence-corrected chi connectivity index (χ3v) is 5.33. The molecule has 0 saturated carbocycles. The van der Waals surface area contributed by atoms with Crippen LogP contribution in [0.5, 0.6) is 0 Å². The number of amides is 1. The highest BCUT2D eigenvalue weighted by atomic mass is 32.2. The van der Waals surface area contributed by atoms with Gasteiger partial charge in [0.1, 0.15) is 0 Å². The number of unbranched alkanes of at least 4 members (excludes halogenated alkanes) is 1. The summed E-state index contributed by atoms with van der Waals surface area (Å²) in [6.45, 7) is 4.52. The number of carbonyl (C=O) groups excluding carboxylic acids is 2. The van der Waals surface area contributed by atoms with E-state index >= 15 is 0 Å². The van der Waals surface area contributed by atoms with Crippen LogP contribution in [-0.4, -0.2) is 34.1 Å². The number of benzene rings is 2. The van der Waals surface area contributed by atoms with E-state index in [1.165, 1.54) is 11.8 Å². The van der Waals surface area contributed by atoms with Gasteiger partial charge >= 0.3 is 5.97 Å². The molecule has 0 bridgehead atoms. The maximum absolute atomic E-state index is 12.7. The Balaban J connectivity index is 1.66. The number of imidazole rings is 1. The van der Waals surface area contributed by atoms with E-state index in [-0.39, 0.29) is 11.7 Å². The number of aromatic amines is 1. The van der Waals surface area contributed by atoms with Crippen LogP contribution in [0.25, 0.3) is 11.0 Å². The van der Waals surface area contributed by atoms with Gasteiger partial charge in [0.25, 0.3) is 5.91 Å². The summed E-state index contributed by atoms with van der Waals surface area (Å²) in [4.78, 5) is 32.8. The summed E-state index contributed by atoms with van der Waals surface area (Å²) in [5, 5.41) is 3.51. The molecule has 2 aromatic carbocycles. The number of ether oxygens (including phenoxy) is 1. The third kappa shape index (κ3) is 5.60. The molecule has 0 fully saturated rings. The number of nitrogens with one attached hydrogen (secondary N) is 2. The third-order valence-electron chi connectivity index (χ3n) is 4.48. The second-order valence-corrected chi connectivity index (χ2v) is 7.68. The molecule has 1 heterocycles. The number of carbonyl (C=O) groups is 2. The van der Waals surface area contributed by atoms with Gasteiger partial charge in [-0.15, -0.1) is 0 Å². The van der Waals surface area contributed by atoms with Gasteiger partial charge in [-0.3, -0.25) is 9.59 Å². The van der Waals surface area contributed by atoms with Crippen LogP contribution in [0.3, 0.4) is 0 Å². The molecule has 1 aromatic heterocycles. The van der Waals surface area contributed by atoms with Crippen molar-refractivity contribution in [2.24, 2.45) is 0 Å². The molecule has 3 rings (SSSR count). The molecule has 1 amide bonds. The minimum absolute atomic E-state index is 0.0600. The maximum Gasteiger partial charge on any atom is 0.317 e. The summed E-state index contributed by atoms with van der Waals surface area (Å²) in [5.41, 5.74) is 3.36. The minimum atomic E-state index is -0.961. The lowest BCUT2D eigenvalue weighted by molar-refractivity contribution is -0.154. The van der Waals surface area contributed by atoms with Crippen molar-refractivity contribution >= 4 is 34.7 Å². The van der Waals surface area contributed by atoms with E-state index in [0.717, 1.165) is 29.4 Å². The Hall–Kier alpha value is -2.80. The number of aromatic nitrogens is 2. The number of esters is 1. The van der Waals surface area contributed by atoms with Crippen molar-refractivity contribution in [1.29, 1.82) is 0 Å². The van der Waals surface area contributed by atoms with Gasteiger partial charge in [-0.1, -0.05) is 61.5 Å². The Morgan fingerprint density at radius 1 is 1.17 bits per heavy atom. The summed E-state index contributed by atoms with van der Waals surface area (Å²) in [7, 11) is 0. The topological polar surface area (TPSA) is 84.1 Å². The van der Waals surface area contributed by atoms with Crippen molar-refractivity contribution in [3.05, 3.63) is 59.7 Å². The van der Waals surface area contributed by atoms with Crippen LogP contribution in [0.1, 0.15) is 37.0 Å². The first-order valence-corrected chi connectivity index (χ1v) is 10.7. The van der Waals surface area contributed by atoms with Crippen LogP contribution < -0.4 is 5.32 Å². The Labute approximate surface area is 174 Å². The average molecular weight is 412 g/mol. The normalized spacial score (nSPS) is 11.9. The SMILES string of the molecule is CCCCNC(=O)C(OC(=O)CSc1nc2ccccc2[nH]1)c1ccccc1C. The van der Waals surface area contributed by atoms with Gasteiger partial charge in [0.15, 0.2) is 5.16 Å². The number of fused-ring (bicyclic) bond motifs is 1. The van der Waals surface area contributed by atoms with Gasteiger partial charge in [0, 0.05) is 12.1 Å². The Morgan fingerprint density at radius 2 is 1.93 bits per heavy atom. The summed E-state index contributed by atoms with van der Waals surface area (Å²) >= 11 is 1.26. The van der Waals surface area contributed by atoms with E-state index < -0.39 is 12.1 Å². The molecule has 1 unspecified atom stereocenters. The van der Waals surface area contributed by atoms with Crippen molar-refractivity contribution in [2.45, 2.75) is 37.9 Å². The Bertz CT molecular complexity index is 953. The fourth-order valence-corrected chi connectivity index (χ4v) is 3.58. The molecule has 0 aliphatic heterocycles. The molecule has 0 aliphatic rings. The molecule has 1 atom stereocenters. The van der Waals surface area contributed by atoms with Gasteiger partial charge < -0.3 is 15.0 Å². The maximum atomic E-state index is 12.7. The zero-order chi connectivity index (χ0) is 20.6. The van der Waals surface area contributed by atoms with Crippen molar-refractivity contribution in [3.63, 3.8) is 0 Å². The molecule has 29 heavy (non-hydrogen) atoms. The van der Waals surface area contributed by atoms with Gasteiger partial charge in [0.2, 0.25) is 6.10 Å². The van der Waals surface area contributed by atoms with E-state index in [9.17, 15) is 9.59 Å². The molecule has 0 saturated heterocycles. The zero-order valence-electron chi connectivity index (χ0n) is 16.6. The van der Waals surface area contributed by atoms with Crippen LogP contribution in [-0.2, 0) is 14.3 Å². The number of nitrogens with zero attached hydrogens (tertiary/aromatic N) is 1. The second-order valence-electron chi connectivity index (χ2n) is 6.72. The number of aryl methyl sites for hydroxylation is 1. The molecule has 3 aromatic rings. The molecule has 0 aliphatic carbocycles. The van der Waals surface area contributed by atoms with Gasteiger partial charge in [0.05, 0.1) is 16.8 Å². The first-order valence-electron chi connectivity index (χ1n) is 9.68. The van der Waals surface area contributed by atoms with E-state index in [4.69, 9.17) is 4.74 Å². The summed E-state index contributed by atoms with van der Waals surface area (Å²) in [5.74, 6) is -0.700. The van der Waals surface area contributed by atoms with Crippen LogP contribution in [0.15, 0.2) is 53.7 Å². The quantitative estimate of drug-likeness (QED) is 0.314. The molecular weight excluding hydrogens is 386 g/mol. The number of hydrogen-bond donors (Lipinski definition) is 2.